The van der Waals surface area contributed by atoms with Gasteiger partial charge in [-0.1, -0.05) is 51.9 Å². The number of thiocarbonyl (C=S) groups is 1. The molecule has 0 saturated heterocycles. The summed E-state index contributed by atoms with van der Waals surface area (Å²) in [6.07, 6.45) is 14.8. The van der Waals surface area contributed by atoms with E-state index in [1.807, 2.05) is 12.1 Å². The summed E-state index contributed by atoms with van der Waals surface area (Å²) in [5.74, 6) is 1.00. The predicted molar refractivity (Wildman–Crippen MR) is 100 cm³/mol. The van der Waals surface area contributed by atoms with Gasteiger partial charge in [0.25, 0.3) is 0 Å². The lowest BCUT2D eigenvalue weighted by molar-refractivity contribution is 0.279. The van der Waals surface area contributed by atoms with E-state index < -0.39 is 0 Å². The summed E-state index contributed by atoms with van der Waals surface area (Å²) in [6, 6.07) is 4.57. The average molecular weight is 337 g/mol. The Labute approximate surface area is 146 Å². The van der Waals surface area contributed by atoms with Crippen LogP contribution in [0.2, 0.25) is 0 Å². The fraction of sp³-hybridized carbons (Fsp3) is 0.737. The van der Waals surface area contributed by atoms with Crippen molar-refractivity contribution >= 4 is 17.3 Å². The van der Waals surface area contributed by atoms with Crippen LogP contribution < -0.4 is 5.32 Å². The molecule has 3 nitrogen and oxygen atoms in total. The van der Waals surface area contributed by atoms with Gasteiger partial charge in [0.05, 0.1) is 12.8 Å². The zero-order valence-electron chi connectivity index (χ0n) is 14.6. The van der Waals surface area contributed by atoms with Crippen molar-refractivity contribution in [3.05, 3.63) is 24.2 Å². The maximum atomic E-state index is 5.68. The topological polar surface area (TPSA) is 28.4 Å². The Morgan fingerprint density at radius 3 is 2.65 bits per heavy atom. The van der Waals surface area contributed by atoms with Crippen LogP contribution in [-0.2, 0) is 6.54 Å². The first-order chi connectivity index (χ1) is 11.3. The minimum Gasteiger partial charge on any atom is -0.467 e. The molecule has 0 spiro atoms. The summed E-state index contributed by atoms with van der Waals surface area (Å²) in [4.78, 5) is 2.35. The molecule has 0 radical (unpaired) electrons. The Hall–Kier alpha value is -1.03. The van der Waals surface area contributed by atoms with E-state index in [9.17, 15) is 0 Å². The highest BCUT2D eigenvalue weighted by atomic mass is 32.1. The number of nitrogens with zero attached hydrogens (tertiary/aromatic N) is 1. The van der Waals surface area contributed by atoms with E-state index in [1.54, 1.807) is 6.26 Å². The number of nitrogens with one attached hydrogen (secondary N) is 1. The van der Waals surface area contributed by atoms with Gasteiger partial charge in [0, 0.05) is 12.6 Å². The molecular weight excluding hydrogens is 304 g/mol. The van der Waals surface area contributed by atoms with Crippen molar-refractivity contribution in [1.29, 1.82) is 0 Å². The van der Waals surface area contributed by atoms with Crippen molar-refractivity contribution in [2.75, 3.05) is 6.54 Å². The van der Waals surface area contributed by atoms with Gasteiger partial charge in [0.1, 0.15) is 5.76 Å². The molecule has 0 aromatic carbocycles. The third-order valence-electron chi connectivity index (χ3n) is 4.74. The Bertz CT molecular complexity index is 427. The molecule has 2 rings (SSSR count). The average Bonchev–Trinajstić information content (AvgIpc) is 3.24. The summed E-state index contributed by atoms with van der Waals surface area (Å²) in [6.45, 7) is 4.04. The van der Waals surface area contributed by atoms with E-state index in [4.69, 9.17) is 16.6 Å². The first kappa shape index (κ1) is 18.3. The van der Waals surface area contributed by atoms with Gasteiger partial charge in [-0.15, -0.1) is 0 Å². The summed E-state index contributed by atoms with van der Waals surface area (Å²) >= 11 is 5.68. The zero-order valence-corrected chi connectivity index (χ0v) is 15.4. The minimum absolute atomic E-state index is 0.574. The normalized spacial score (nSPS) is 15.0. The minimum atomic E-state index is 0.574. The van der Waals surface area contributed by atoms with E-state index in [1.165, 1.54) is 64.2 Å². The third kappa shape index (κ3) is 6.54. The standard InChI is InChI=1S/C19H32N2OS/c1-2-3-4-5-6-9-14-20-19(23)21(17-11-7-8-12-17)16-18-13-10-15-22-18/h10,13,15,17H,2-9,11-12,14,16H2,1H3,(H,20,23). The van der Waals surface area contributed by atoms with Crippen molar-refractivity contribution in [1.82, 2.24) is 10.2 Å². The Kier molecular flexibility index (Phi) is 8.51. The van der Waals surface area contributed by atoms with Gasteiger partial charge in [0.2, 0.25) is 0 Å². The van der Waals surface area contributed by atoms with Crippen LogP contribution in [0.15, 0.2) is 22.8 Å². The van der Waals surface area contributed by atoms with Crippen LogP contribution in [0.5, 0.6) is 0 Å². The maximum absolute atomic E-state index is 5.68. The molecule has 1 heterocycles. The lowest BCUT2D eigenvalue weighted by atomic mass is 10.1. The Morgan fingerprint density at radius 1 is 1.22 bits per heavy atom. The highest BCUT2D eigenvalue weighted by molar-refractivity contribution is 7.80. The highest BCUT2D eigenvalue weighted by Crippen LogP contribution is 2.25. The van der Waals surface area contributed by atoms with Gasteiger partial charge in [-0.25, -0.2) is 0 Å². The molecule has 1 aliphatic carbocycles. The molecule has 0 aliphatic heterocycles. The molecule has 1 saturated carbocycles. The van der Waals surface area contributed by atoms with Crippen molar-refractivity contribution in [3.63, 3.8) is 0 Å². The molecule has 1 aliphatic rings. The number of hydrogen-bond acceptors (Lipinski definition) is 2. The Balaban J connectivity index is 1.73. The fourth-order valence-corrected chi connectivity index (χ4v) is 3.67. The van der Waals surface area contributed by atoms with Crippen molar-refractivity contribution < 1.29 is 4.42 Å². The van der Waals surface area contributed by atoms with Crippen molar-refractivity contribution in [2.45, 2.75) is 83.7 Å². The quantitative estimate of drug-likeness (QED) is 0.466. The second-order valence-corrected chi connectivity index (χ2v) is 7.03. The van der Waals surface area contributed by atoms with Crippen molar-refractivity contribution in [2.24, 2.45) is 0 Å². The zero-order chi connectivity index (χ0) is 16.3. The number of hydrogen-bond donors (Lipinski definition) is 1. The fourth-order valence-electron chi connectivity index (χ4n) is 3.36. The molecule has 0 bridgehead atoms. The van der Waals surface area contributed by atoms with E-state index in [0.29, 0.717) is 6.04 Å². The van der Waals surface area contributed by atoms with Crippen LogP contribution in [0.3, 0.4) is 0 Å². The van der Waals surface area contributed by atoms with Gasteiger partial charge in [-0.2, -0.15) is 0 Å². The summed E-state index contributed by atoms with van der Waals surface area (Å²) < 4.78 is 5.53. The molecule has 1 N–H and O–H groups in total. The second-order valence-electron chi connectivity index (χ2n) is 6.65. The SMILES string of the molecule is CCCCCCCCNC(=S)N(Cc1ccco1)C1CCCC1. The number of furan rings is 1. The van der Waals surface area contributed by atoms with Crippen LogP contribution in [-0.4, -0.2) is 22.6 Å². The summed E-state index contributed by atoms with van der Waals surface area (Å²) in [5.41, 5.74) is 0. The van der Waals surface area contributed by atoms with Crippen LogP contribution in [0.1, 0.15) is 76.9 Å². The van der Waals surface area contributed by atoms with Crippen LogP contribution in [0.4, 0.5) is 0 Å². The van der Waals surface area contributed by atoms with Crippen LogP contribution in [0, 0.1) is 0 Å². The molecule has 1 aromatic rings. The predicted octanol–water partition coefficient (Wildman–Crippen LogP) is 5.26. The molecule has 130 valence electrons. The smallest absolute Gasteiger partial charge is 0.169 e. The van der Waals surface area contributed by atoms with Crippen LogP contribution >= 0.6 is 12.2 Å². The summed E-state index contributed by atoms with van der Waals surface area (Å²) in [5, 5.41) is 4.38. The molecule has 0 atom stereocenters. The second kappa shape index (κ2) is 10.7. The Morgan fingerprint density at radius 2 is 1.96 bits per heavy atom. The largest absolute Gasteiger partial charge is 0.467 e. The molecule has 23 heavy (non-hydrogen) atoms. The van der Waals surface area contributed by atoms with E-state index >= 15 is 0 Å². The molecular formula is C19H32N2OS. The number of rotatable bonds is 10. The van der Waals surface area contributed by atoms with Gasteiger partial charge >= 0.3 is 0 Å². The first-order valence-corrected chi connectivity index (χ1v) is 9.79. The lowest BCUT2D eigenvalue weighted by Gasteiger charge is -2.31. The molecule has 0 unspecified atom stereocenters. The first-order valence-electron chi connectivity index (χ1n) is 9.38. The molecule has 0 amide bonds. The van der Waals surface area contributed by atoms with Gasteiger partial charge < -0.3 is 14.6 Å². The third-order valence-corrected chi connectivity index (χ3v) is 5.12. The van der Waals surface area contributed by atoms with Gasteiger partial charge in [0.15, 0.2) is 5.11 Å². The van der Waals surface area contributed by atoms with E-state index in [2.05, 4.69) is 17.1 Å². The molecule has 1 fully saturated rings. The van der Waals surface area contributed by atoms with Crippen LogP contribution in [0.25, 0.3) is 0 Å². The lowest BCUT2D eigenvalue weighted by Crippen LogP contribution is -2.44. The van der Waals surface area contributed by atoms with Crippen molar-refractivity contribution in [3.8, 4) is 0 Å². The van der Waals surface area contributed by atoms with E-state index in [-0.39, 0.29) is 0 Å². The summed E-state index contributed by atoms with van der Waals surface area (Å²) in [7, 11) is 0. The molecule has 4 heteroatoms. The van der Waals surface area contributed by atoms with Gasteiger partial charge in [-0.3, -0.25) is 0 Å². The van der Waals surface area contributed by atoms with Gasteiger partial charge in [-0.05, 0) is 43.6 Å². The monoisotopic (exact) mass is 336 g/mol. The number of unbranched alkanes of at least 4 members (excludes halogenated alkanes) is 5. The van der Waals surface area contributed by atoms with E-state index in [0.717, 1.165) is 24.0 Å². The highest BCUT2D eigenvalue weighted by Gasteiger charge is 2.25. The molecule has 1 aromatic heterocycles. The maximum Gasteiger partial charge on any atom is 0.169 e.